The minimum atomic E-state index is -0.493. The quantitative estimate of drug-likeness (QED) is 0.705. The van der Waals surface area contributed by atoms with Crippen molar-refractivity contribution in [3.8, 4) is 11.5 Å². The van der Waals surface area contributed by atoms with E-state index in [-0.39, 0.29) is 11.5 Å². The molecule has 70 valence electrons. The first kappa shape index (κ1) is 9.86. The van der Waals surface area contributed by atoms with Crippen molar-refractivity contribution in [1.29, 1.82) is 0 Å². The molecule has 0 atom stereocenters. The predicted octanol–water partition coefficient (Wildman–Crippen LogP) is 0.862. The van der Waals surface area contributed by atoms with Crippen LogP contribution in [0.4, 0.5) is 4.39 Å². The second-order valence-electron chi connectivity index (χ2n) is 2.30. The van der Waals surface area contributed by atoms with Gasteiger partial charge in [-0.1, -0.05) is 0 Å². The minimum Gasteiger partial charge on any atom is -0.539 e. The van der Waals surface area contributed by atoms with Crippen molar-refractivity contribution in [2.24, 2.45) is 0 Å². The summed E-state index contributed by atoms with van der Waals surface area (Å²) in [7, 11) is -0.465. The van der Waals surface area contributed by atoms with Crippen LogP contribution in [0.2, 0.25) is 0 Å². The van der Waals surface area contributed by atoms with Crippen molar-refractivity contribution in [3.63, 3.8) is 0 Å². The average molecular weight is 184 g/mol. The summed E-state index contributed by atoms with van der Waals surface area (Å²) in [4.78, 5) is 0. The third-order valence-electron chi connectivity index (χ3n) is 1.43. The third-order valence-corrected chi connectivity index (χ3v) is 1.43. The molecule has 0 aliphatic heterocycles. The van der Waals surface area contributed by atoms with Gasteiger partial charge in [-0.3, -0.25) is 0 Å². The van der Waals surface area contributed by atoms with Crippen molar-refractivity contribution in [2.75, 3.05) is 6.61 Å². The maximum atomic E-state index is 13.1. The number of rotatable bonds is 4. The topological polar surface area (TPSA) is 38.7 Å². The molecule has 1 aromatic carbocycles. The Morgan fingerprint density at radius 2 is 2.31 bits per heavy atom. The van der Waals surface area contributed by atoms with Gasteiger partial charge in [-0.2, -0.15) is 0 Å². The van der Waals surface area contributed by atoms with E-state index in [1.807, 2.05) is 0 Å². The maximum absolute atomic E-state index is 13.1. The first-order valence-corrected chi connectivity index (χ1v) is 3.94. The highest BCUT2D eigenvalue weighted by Gasteiger charge is 2.04. The molecule has 3 nitrogen and oxygen atoms in total. The molecule has 13 heavy (non-hydrogen) atoms. The van der Waals surface area contributed by atoms with Crippen molar-refractivity contribution in [1.82, 2.24) is 0 Å². The van der Waals surface area contributed by atoms with Gasteiger partial charge in [0.1, 0.15) is 5.75 Å². The van der Waals surface area contributed by atoms with Gasteiger partial charge in [0.05, 0.1) is 6.61 Å². The molecule has 1 aromatic rings. The van der Waals surface area contributed by atoms with Crippen LogP contribution in [0, 0.1) is 5.82 Å². The molecule has 0 aliphatic carbocycles. The molecule has 0 radical (unpaired) electrons. The monoisotopic (exact) mass is 184 g/mol. The molecule has 0 spiro atoms. The second-order valence-corrected chi connectivity index (χ2v) is 2.30. The first-order valence-electron chi connectivity index (χ1n) is 3.94. The molecule has 0 aliphatic rings. The van der Waals surface area contributed by atoms with E-state index in [9.17, 15) is 4.39 Å². The summed E-state index contributed by atoms with van der Waals surface area (Å²) in [6.07, 6.45) is 0. The van der Waals surface area contributed by atoms with E-state index in [1.54, 1.807) is 6.92 Å². The van der Waals surface area contributed by atoms with Crippen LogP contribution in [0.1, 0.15) is 6.92 Å². The lowest BCUT2D eigenvalue weighted by Gasteiger charge is -2.06. The second kappa shape index (κ2) is 4.72. The van der Waals surface area contributed by atoms with Gasteiger partial charge < -0.3 is 14.4 Å². The van der Waals surface area contributed by atoms with Gasteiger partial charge in [0, 0.05) is 6.07 Å². The number of hydrogen-bond acceptors (Lipinski definition) is 3. The summed E-state index contributed by atoms with van der Waals surface area (Å²) in [5.41, 5.74) is 0. The Morgan fingerprint density at radius 1 is 1.54 bits per heavy atom. The smallest absolute Gasteiger partial charge is 0.504 e. The van der Waals surface area contributed by atoms with Crippen LogP contribution in [0.25, 0.3) is 0 Å². The van der Waals surface area contributed by atoms with Gasteiger partial charge in [-0.25, -0.2) is 4.39 Å². The van der Waals surface area contributed by atoms with Crippen molar-refractivity contribution >= 4 is 7.69 Å². The van der Waals surface area contributed by atoms with Gasteiger partial charge in [0.15, 0.2) is 11.6 Å². The fourth-order valence-corrected chi connectivity index (χ4v) is 0.918. The molecule has 0 saturated heterocycles. The Morgan fingerprint density at radius 3 is 2.85 bits per heavy atom. The molecule has 0 saturated carbocycles. The molecule has 0 amide bonds. The zero-order valence-electron chi connectivity index (χ0n) is 7.29. The Kier molecular flexibility index (Phi) is 3.58. The Bertz CT molecular complexity index is 280. The van der Waals surface area contributed by atoms with Crippen LogP contribution in [-0.2, 0) is 0 Å². The largest absolute Gasteiger partial charge is 0.539 e. The Balaban J connectivity index is 2.79. The van der Waals surface area contributed by atoms with Crippen LogP contribution in [0.3, 0.4) is 0 Å². The summed E-state index contributed by atoms with van der Waals surface area (Å²) in [5.74, 6) is -0.0240. The van der Waals surface area contributed by atoms with E-state index in [1.165, 1.54) is 18.2 Å². The molecule has 5 heteroatoms. The van der Waals surface area contributed by atoms with Gasteiger partial charge in [0.2, 0.25) is 0 Å². The van der Waals surface area contributed by atoms with E-state index >= 15 is 0 Å². The van der Waals surface area contributed by atoms with Crippen LogP contribution in [0.5, 0.6) is 11.5 Å². The SMILES string of the molecule is CCOc1ccc(OBO)cc1F. The van der Waals surface area contributed by atoms with Gasteiger partial charge in [-0.15, -0.1) is 0 Å². The first-order chi connectivity index (χ1) is 6.27. The van der Waals surface area contributed by atoms with Crippen molar-refractivity contribution in [3.05, 3.63) is 24.0 Å². The maximum Gasteiger partial charge on any atom is 0.504 e. The number of hydrogen-bond donors (Lipinski definition) is 1. The molecule has 0 bridgehead atoms. The lowest BCUT2D eigenvalue weighted by molar-refractivity contribution is 0.320. The van der Waals surface area contributed by atoms with Crippen molar-refractivity contribution in [2.45, 2.75) is 6.92 Å². The molecule has 0 aromatic heterocycles. The predicted molar refractivity (Wildman–Crippen MR) is 47.6 cm³/mol. The van der Waals surface area contributed by atoms with Crippen molar-refractivity contribution < 1.29 is 18.8 Å². The molecule has 1 rings (SSSR count). The van der Waals surface area contributed by atoms with E-state index in [4.69, 9.17) is 9.76 Å². The molecule has 1 N–H and O–H groups in total. The Labute approximate surface area is 76.4 Å². The van der Waals surface area contributed by atoms with Gasteiger partial charge in [0.25, 0.3) is 0 Å². The minimum absolute atomic E-state index is 0.188. The summed E-state index contributed by atoms with van der Waals surface area (Å²) < 4.78 is 22.7. The zero-order valence-corrected chi connectivity index (χ0v) is 7.29. The molecule has 0 fully saturated rings. The summed E-state index contributed by atoms with van der Waals surface area (Å²) in [6, 6.07) is 4.16. The number of halogens is 1. The normalized spacial score (nSPS) is 9.46. The molecular formula is C8H10BFO3. The average Bonchev–Trinajstić information content (AvgIpc) is 2.10. The highest BCUT2D eigenvalue weighted by atomic mass is 19.1. The highest BCUT2D eigenvalue weighted by molar-refractivity contribution is 6.17. The molecule has 0 unspecified atom stereocenters. The summed E-state index contributed by atoms with van der Waals surface area (Å²) in [5, 5.41) is 8.41. The van der Waals surface area contributed by atoms with Crippen LogP contribution in [0.15, 0.2) is 18.2 Å². The fourth-order valence-electron chi connectivity index (χ4n) is 0.918. The number of ether oxygens (including phenoxy) is 1. The molecular weight excluding hydrogens is 174 g/mol. The summed E-state index contributed by atoms with van der Waals surface area (Å²) >= 11 is 0. The Hall–Kier alpha value is -1.23. The third kappa shape index (κ3) is 2.63. The zero-order chi connectivity index (χ0) is 9.68. The molecule has 0 heterocycles. The van der Waals surface area contributed by atoms with E-state index < -0.39 is 13.5 Å². The number of benzene rings is 1. The van der Waals surface area contributed by atoms with Gasteiger partial charge >= 0.3 is 7.69 Å². The van der Waals surface area contributed by atoms with E-state index in [2.05, 4.69) is 4.65 Å². The van der Waals surface area contributed by atoms with Crippen LogP contribution in [-0.4, -0.2) is 19.3 Å². The van der Waals surface area contributed by atoms with Crippen LogP contribution < -0.4 is 9.39 Å². The lowest BCUT2D eigenvalue weighted by Crippen LogP contribution is -2.01. The van der Waals surface area contributed by atoms with Crippen LogP contribution >= 0.6 is 0 Å². The fraction of sp³-hybridized carbons (Fsp3) is 0.250. The standard InChI is InChI=1S/C8H10BFO3/c1-2-12-8-4-3-6(13-9-11)5-7(8)10/h3-5,9,11H,2H2,1H3. The lowest BCUT2D eigenvalue weighted by atomic mass is 10.3. The highest BCUT2D eigenvalue weighted by Crippen LogP contribution is 2.22. The van der Waals surface area contributed by atoms with E-state index in [0.717, 1.165) is 0 Å². The van der Waals surface area contributed by atoms with Gasteiger partial charge in [-0.05, 0) is 19.1 Å². The summed E-state index contributed by atoms with van der Waals surface area (Å²) in [6.45, 7) is 2.19. The van der Waals surface area contributed by atoms with E-state index in [0.29, 0.717) is 6.61 Å².